The number of nitrogens with one attached hydrogen (secondary N) is 1. The van der Waals surface area contributed by atoms with E-state index in [-0.39, 0.29) is 17.2 Å². The molecule has 0 atom stereocenters. The van der Waals surface area contributed by atoms with Gasteiger partial charge in [0, 0.05) is 24.3 Å². The Bertz CT molecular complexity index is 1130. The fourth-order valence-corrected chi connectivity index (χ4v) is 4.75. The second-order valence-corrected chi connectivity index (χ2v) is 8.32. The van der Waals surface area contributed by atoms with Gasteiger partial charge in [-0.1, -0.05) is 23.0 Å². The maximum absolute atomic E-state index is 13.1. The number of ether oxygens (including phenoxy) is 1. The first kappa shape index (κ1) is 19.6. The molecule has 0 fully saturated rings. The van der Waals surface area contributed by atoms with Gasteiger partial charge in [0.05, 0.1) is 29.1 Å². The third-order valence-electron chi connectivity index (χ3n) is 4.21. The molecule has 3 heterocycles. The minimum Gasteiger partial charge on any atom is -0.497 e. The Morgan fingerprint density at radius 1 is 1.41 bits per heavy atom. The molecular weight excluding hydrogens is 412 g/mol. The van der Waals surface area contributed by atoms with Crippen LogP contribution in [0.2, 0.25) is 0 Å². The molecule has 1 aromatic carbocycles. The lowest BCUT2D eigenvalue weighted by molar-refractivity contribution is -0.113. The van der Waals surface area contributed by atoms with Gasteiger partial charge in [-0.3, -0.25) is 14.2 Å². The molecule has 0 saturated heterocycles. The SMILES string of the molecule is COc1cccc(-n2c(SCC(=O)Nc3cc(C)on3)nc3c(c2=O)SCC3)c1. The summed E-state index contributed by atoms with van der Waals surface area (Å²) in [4.78, 5) is 30.8. The highest BCUT2D eigenvalue weighted by Crippen LogP contribution is 2.30. The first-order valence-corrected chi connectivity index (χ1v) is 10.8. The predicted molar refractivity (Wildman–Crippen MR) is 111 cm³/mol. The van der Waals surface area contributed by atoms with Gasteiger partial charge in [0.1, 0.15) is 11.5 Å². The van der Waals surface area contributed by atoms with Gasteiger partial charge in [0.2, 0.25) is 5.91 Å². The zero-order valence-corrected chi connectivity index (χ0v) is 17.4. The number of rotatable bonds is 6. The number of benzene rings is 1. The van der Waals surface area contributed by atoms with Gasteiger partial charge in [-0.15, -0.1) is 11.8 Å². The average Bonchev–Trinajstić information content (AvgIpc) is 3.35. The second kappa shape index (κ2) is 8.34. The fourth-order valence-electron chi connectivity index (χ4n) is 2.90. The summed E-state index contributed by atoms with van der Waals surface area (Å²) in [6.07, 6.45) is 0.742. The number of methoxy groups -OCH3 is 1. The van der Waals surface area contributed by atoms with Crippen LogP contribution in [0.3, 0.4) is 0 Å². The largest absolute Gasteiger partial charge is 0.497 e. The van der Waals surface area contributed by atoms with E-state index in [1.54, 1.807) is 26.2 Å². The summed E-state index contributed by atoms with van der Waals surface area (Å²) in [5.74, 6) is 2.25. The third kappa shape index (κ3) is 4.18. The first-order valence-electron chi connectivity index (χ1n) is 8.84. The molecule has 1 N–H and O–H groups in total. The molecule has 0 bridgehead atoms. The molecule has 150 valence electrons. The van der Waals surface area contributed by atoms with Crippen LogP contribution < -0.4 is 15.6 Å². The van der Waals surface area contributed by atoms with E-state index in [9.17, 15) is 9.59 Å². The van der Waals surface area contributed by atoms with Crippen LogP contribution in [0.1, 0.15) is 11.5 Å². The van der Waals surface area contributed by atoms with E-state index in [1.807, 2.05) is 18.2 Å². The number of aryl methyl sites for hydroxylation is 2. The van der Waals surface area contributed by atoms with Gasteiger partial charge in [0.25, 0.3) is 5.56 Å². The summed E-state index contributed by atoms with van der Waals surface area (Å²) in [5.41, 5.74) is 1.31. The molecule has 0 unspecified atom stereocenters. The summed E-state index contributed by atoms with van der Waals surface area (Å²) in [6.45, 7) is 1.75. The summed E-state index contributed by atoms with van der Waals surface area (Å²) in [7, 11) is 1.57. The van der Waals surface area contributed by atoms with Crippen LogP contribution in [0, 0.1) is 6.92 Å². The van der Waals surface area contributed by atoms with E-state index in [2.05, 4.69) is 15.5 Å². The fraction of sp³-hybridized carbons (Fsp3) is 0.263. The second-order valence-electron chi connectivity index (χ2n) is 6.27. The Morgan fingerprint density at radius 2 is 2.28 bits per heavy atom. The van der Waals surface area contributed by atoms with Crippen LogP contribution in [-0.4, -0.2) is 39.2 Å². The lowest BCUT2D eigenvalue weighted by Gasteiger charge is -2.14. The maximum atomic E-state index is 13.1. The molecule has 2 aromatic heterocycles. The normalized spacial score (nSPS) is 12.6. The number of hydrogen-bond acceptors (Lipinski definition) is 8. The van der Waals surface area contributed by atoms with Crippen LogP contribution in [0.25, 0.3) is 5.69 Å². The maximum Gasteiger partial charge on any atom is 0.272 e. The molecule has 0 saturated carbocycles. The van der Waals surface area contributed by atoms with Crippen molar-refractivity contribution in [2.24, 2.45) is 0 Å². The van der Waals surface area contributed by atoms with Gasteiger partial charge >= 0.3 is 0 Å². The zero-order valence-electron chi connectivity index (χ0n) is 15.8. The number of anilines is 1. The van der Waals surface area contributed by atoms with Gasteiger partial charge in [-0.25, -0.2) is 4.98 Å². The summed E-state index contributed by atoms with van der Waals surface area (Å²) in [6, 6.07) is 8.86. The Balaban J connectivity index is 1.64. The van der Waals surface area contributed by atoms with Gasteiger partial charge < -0.3 is 14.6 Å². The minimum atomic E-state index is -0.260. The van der Waals surface area contributed by atoms with Crippen molar-refractivity contribution in [2.45, 2.75) is 23.4 Å². The van der Waals surface area contributed by atoms with E-state index in [0.29, 0.717) is 33.1 Å². The molecule has 0 aliphatic carbocycles. The van der Waals surface area contributed by atoms with Gasteiger partial charge in [-0.05, 0) is 19.1 Å². The summed E-state index contributed by atoms with van der Waals surface area (Å²) >= 11 is 2.72. The Morgan fingerprint density at radius 3 is 3.03 bits per heavy atom. The van der Waals surface area contributed by atoms with E-state index in [0.717, 1.165) is 17.9 Å². The highest BCUT2D eigenvalue weighted by molar-refractivity contribution is 8.00. The van der Waals surface area contributed by atoms with E-state index in [1.165, 1.54) is 28.1 Å². The topological polar surface area (TPSA) is 99.2 Å². The van der Waals surface area contributed by atoms with E-state index in [4.69, 9.17) is 9.26 Å². The Labute approximate surface area is 175 Å². The Kier molecular flexibility index (Phi) is 5.63. The monoisotopic (exact) mass is 430 g/mol. The molecule has 3 aromatic rings. The molecule has 4 rings (SSSR count). The molecular formula is C19H18N4O4S2. The number of fused-ring (bicyclic) bond motifs is 1. The van der Waals surface area contributed by atoms with Crippen molar-refractivity contribution >= 4 is 35.2 Å². The molecule has 0 spiro atoms. The van der Waals surface area contributed by atoms with E-state index < -0.39 is 0 Å². The highest BCUT2D eigenvalue weighted by Gasteiger charge is 2.23. The molecule has 0 radical (unpaired) electrons. The number of nitrogens with zero attached hydrogens (tertiary/aromatic N) is 3. The summed E-state index contributed by atoms with van der Waals surface area (Å²) < 4.78 is 11.8. The highest BCUT2D eigenvalue weighted by atomic mass is 32.2. The number of carbonyl (C=O) groups excluding carboxylic acids is 1. The van der Waals surface area contributed by atoms with Crippen LogP contribution in [-0.2, 0) is 11.2 Å². The number of hydrogen-bond donors (Lipinski definition) is 1. The predicted octanol–water partition coefficient (Wildman–Crippen LogP) is 2.92. The number of thioether (sulfide) groups is 2. The van der Waals surface area contributed by atoms with Gasteiger partial charge in [0.15, 0.2) is 11.0 Å². The van der Waals surface area contributed by atoms with Gasteiger partial charge in [-0.2, -0.15) is 0 Å². The molecule has 8 nitrogen and oxygen atoms in total. The quantitative estimate of drug-likeness (QED) is 0.471. The first-order chi connectivity index (χ1) is 14.0. The van der Waals surface area contributed by atoms with Crippen LogP contribution in [0.4, 0.5) is 5.82 Å². The zero-order chi connectivity index (χ0) is 20.4. The molecule has 1 aliphatic heterocycles. The van der Waals surface area contributed by atoms with Crippen LogP contribution >= 0.6 is 23.5 Å². The van der Waals surface area contributed by atoms with Crippen molar-refractivity contribution in [3.63, 3.8) is 0 Å². The smallest absolute Gasteiger partial charge is 0.272 e. The molecule has 10 heteroatoms. The van der Waals surface area contributed by atoms with Crippen LogP contribution in [0.15, 0.2) is 49.7 Å². The molecule has 1 aliphatic rings. The minimum absolute atomic E-state index is 0.0776. The third-order valence-corrected chi connectivity index (χ3v) is 6.25. The standard InChI is InChI=1S/C19H18N4O4S2/c1-11-8-15(22-27-11)21-16(24)10-29-19-20-14-6-7-28-17(14)18(25)23(19)12-4-3-5-13(9-12)26-2/h3-5,8-9H,6-7,10H2,1-2H3,(H,21,22,24). The number of carbonyl (C=O) groups is 1. The lowest BCUT2D eigenvalue weighted by Crippen LogP contribution is -2.24. The van der Waals surface area contributed by atoms with Crippen molar-refractivity contribution < 1.29 is 14.1 Å². The number of amides is 1. The molecule has 1 amide bonds. The lowest BCUT2D eigenvalue weighted by atomic mass is 10.3. The number of aromatic nitrogens is 3. The van der Waals surface area contributed by atoms with Crippen molar-refractivity contribution in [2.75, 3.05) is 23.9 Å². The van der Waals surface area contributed by atoms with E-state index >= 15 is 0 Å². The Hall–Kier alpha value is -2.72. The molecule has 29 heavy (non-hydrogen) atoms. The van der Waals surface area contributed by atoms with Crippen molar-refractivity contribution in [1.29, 1.82) is 0 Å². The average molecular weight is 431 g/mol. The van der Waals surface area contributed by atoms with Crippen molar-refractivity contribution in [3.05, 3.63) is 52.1 Å². The van der Waals surface area contributed by atoms with Crippen LogP contribution in [0.5, 0.6) is 5.75 Å². The summed E-state index contributed by atoms with van der Waals surface area (Å²) in [5, 5.41) is 6.89. The van der Waals surface area contributed by atoms with Crippen molar-refractivity contribution in [3.8, 4) is 11.4 Å². The van der Waals surface area contributed by atoms with Crippen molar-refractivity contribution in [1.82, 2.24) is 14.7 Å².